The van der Waals surface area contributed by atoms with E-state index in [0.717, 1.165) is 16.8 Å². The van der Waals surface area contributed by atoms with Crippen LogP contribution < -0.4 is 5.32 Å². The lowest BCUT2D eigenvalue weighted by molar-refractivity contribution is -0.118. The fourth-order valence-electron chi connectivity index (χ4n) is 2.58. The highest BCUT2D eigenvalue weighted by molar-refractivity contribution is 7.84. The van der Waals surface area contributed by atoms with E-state index in [1.54, 1.807) is 4.68 Å². The van der Waals surface area contributed by atoms with Gasteiger partial charge in [0.15, 0.2) is 5.82 Å². The van der Waals surface area contributed by atoms with E-state index in [-0.39, 0.29) is 17.4 Å². The van der Waals surface area contributed by atoms with Crippen LogP contribution in [0.2, 0.25) is 0 Å². The van der Waals surface area contributed by atoms with Gasteiger partial charge in [-0.3, -0.25) is 9.00 Å². The molecular formula is C16H21N5O2S. The average molecular weight is 347 g/mol. The molecule has 1 atom stereocenters. The molecule has 24 heavy (non-hydrogen) atoms. The standard InChI is InChI=1S/C16H21N5O2S/c1-11-4-3-5-12(2)16(11)21-14(18-19-20-21)9-24(23)10-15(22)17-8-13-6-7-13/h3-5,13H,6-10H2,1-2H3,(H,17,22)/t24-/m0/s1. The van der Waals surface area contributed by atoms with Crippen molar-refractivity contribution in [1.29, 1.82) is 0 Å². The molecule has 0 unspecified atom stereocenters. The summed E-state index contributed by atoms with van der Waals surface area (Å²) in [6.07, 6.45) is 2.35. The summed E-state index contributed by atoms with van der Waals surface area (Å²) < 4.78 is 13.9. The van der Waals surface area contributed by atoms with Crippen molar-refractivity contribution in [2.45, 2.75) is 32.4 Å². The van der Waals surface area contributed by atoms with Crippen molar-refractivity contribution in [2.75, 3.05) is 12.3 Å². The number of para-hydroxylation sites is 1. The smallest absolute Gasteiger partial charge is 0.232 e. The maximum absolute atomic E-state index is 12.3. The lowest BCUT2D eigenvalue weighted by atomic mass is 10.1. The molecular weight excluding hydrogens is 326 g/mol. The minimum absolute atomic E-state index is 0.0215. The third-order valence-corrected chi connectivity index (χ3v) is 5.22. The van der Waals surface area contributed by atoms with Crippen LogP contribution in [0.1, 0.15) is 29.8 Å². The Labute approximate surface area is 143 Å². The van der Waals surface area contributed by atoms with Gasteiger partial charge in [-0.15, -0.1) is 5.10 Å². The molecule has 1 aliphatic rings. The van der Waals surface area contributed by atoms with Gasteiger partial charge in [-0.05, 0) is 54.2 Å². The van der Waals surface area contributed by atoms with Crippen molar-refractivity contribution in [3.8, 4) is 5.69 Å². The number of amides is 1. The number of nitrogens with one attached hydrogen (secondary N) is 1. The molecule has 1 aromatic heterocycles. The molecule has 0 spiro atoms. The lowest BCUT2D eigenvalue weighted by Crippen LogP contribution is -2.30. The molecule has 1 fully saturated rings. The van der Waals surface area contributed by atoms with Crippen LogP contribution in [0.4, 0.5) is 0 Å². The molecule has 8 heteroatoms. The third-order valence-electron chi connectivity index (χ3n) is 4.05. The fourth-order valence-corrected chi connectivity index (χ4v) is 3.55. The third kappa shape index (κ3) is 4.05. The Bertz CT molecular complexity index is 749. The van der Waals surface area contributed by atoms with Crippen LogP contribution in [0.3, 0.4) is 0 Å². The number of carbonyl (C=O) groups is 1. The monoisotopic (exact) mass is 347 g/mol. The first-order valence-electron chi connectivity index (χ1n) is 8.00. The second-order valence-corrected chi connectivity index (χ2v) is 7.68. The molecule has 1 aromatic carbocycles. The van der Waals surface area contributed by atoms with Crippen LogP contribution in [0.15, 0.2) is 18.2 Å². The Kier molecular flexibility index (Phi) is 5.03. The van der Waals surface area contributed by atoms with E-state index in [1.165, 1.54) is 12.8 Å². The normalized spacial score (nSPS) is 15.2. The summed E-state index contributed by atoms with van der Waals surface area (Å²) in [6.45, 7) is 4.66. The van der Waals surface area contributed by atoms with Gasteiger partial charge in [0.2, 0.25) is 5.91 Å². The van der Waals surface area contributed by atoms with E-state index in [2.05, 4.69) is 20.8 Å². The number of rotatable bonds is 7. The number of aryl methyl sites for hydroxylation is 2. The van der Waals surface area contributed by atoms with Crippen molar-refractivity contribution in [3.63, 3.8) is 0 Å². The molecule has 128 valence electrons. The molecule has 0 saturated heterocycles. The second kappa shape index (κ2) is 7.21. The zero-order valence-electron chi connectivity index (χ0n) is 13.9. The minimum atomic E-state index is -1.35. The summed E-state index contributed by atoms with van der Waals surface area (Å²) in [5.41, 5.74) is 2.97. The van der Waals surface area contributed by atoms with Crippen LogP contribution in [0.25, 0.3) is 5.69 Å². The van der Waals surface area contributed by atoms with Crippen LogP contribution in [-0.4, -0.2) is 42.6 Å². The molecule has 2 aromatic rings. The molecule has 1 heterocycles. The van der Waals surface area contributed by atoms with Gasteiger partial charge in [-0.25, -0.2) is 0 Å². The molecule has 0 bridgehead atoms. The van der Waals surface area contributed by atoms with Crippen LogP contribution in [0.5, 0.6) is 0 Å². The first-order chi connectivity index (χ1) is 11.5. The van der Waals surface area contributed by atoms with Gasteiger partial charge in [0.25, 0.3) is 0 Å². The molecule has 3 rings (SSSR count). The summed E-state index contributed by atoms with van der Waals surface area (Å²) >= 11 is 0. The van der Waals surface area contributed by atoms with Gasteiger partial charge in [-0.1, -0.05) is 18.2 Å². The SMILES string of the molecule is Cc1cccc(C)c1-n1nnnc1C[S@](=O)CC(=O)NCC1CC1. The Balaban J connectivity index is 1.66. The van der Waals surface area contributed by atoms with E-state index in [1.807, 2.05) is 32.0 Å². The number of hydrogen-bond donors (Lipinski definition) is 1. The first-order valence-corrected chi connectivity index (χ1v) is 9.49. The van der Waals surface area contributed by atoms with E-state index in [9.17, 15) is 9.00 Å². The van der Waals surface area contributed by atoms with Crippen LogP contribution in [0, 0.1) is 19.8 Å². The van der Waals surface area contributed by atoms with Gasteiger partial charge in [0.05, 0.1) is 11.4 Å². The summed E-state index contributed by atoms with van der Waals surface area (Å²) in [7, 11) is -1.35. The van der Waals surface area contributed by atoms with Crippen molar-refractivity contribution < 1.29 is 9.00 Å². The van der Waals surface area contributed by atoms with Gasteiger partial charge in [0.1, 0.15) is 5.75 Å². The number of benzene rings is 1. The molecule has 1 amide bonds. The van der Waals surface area contributed by atoms with Crippen molar-refractivity contribution in [2.24, 2.45) is 5.92 Å². The van der Waals surface area contributed by atoms with Gasteiger partial charge < -0.3 is 5.32 Å². The van der Waals surface area contributed by atoms with E-state index >= 15 is 0 Å². The number of aromatic nitrogens is 4. The predicted octanol–water partition coefficient (Wildman–Crippen LogP) is 1.05. The maximum atomic E-state index is 12.3. The quantitative estimate of drug-likeness (QED) is 0.809. The minimum Gasteiger partial charge on any atom is -0.355 e. The Morgan fingerprint density at radius 1 is 1.33 bits per heavy atom. The average Bonchev–Trinajstić information content (AvgIpc) is 3.25. The number of tetrazole rings is 1. The fraction of sp³-hybridized carbons (Fsp3) is 0.500. The van der Waals surface area contributed by atoms with E-state index < -0.39 is 10.8 Å². The zero-order chi connectivity index (χ0) is 17.1. The summed E-state index contributed by atoms with van der Waals surface area (Å²) in [5.74, 6) is 1.06. The van der Waals surface area contributed by atoms with Crippen molar-refractivity contribution in [1.82, 2.24) is 25.5 Å². The van der Waals surface area contributed by atoms with E-state index in [0.29, 0.717) is 18.3 Å². The number of hydrogen-bond acceptors (Lipinski definition) is 5. The summed E-state index contributed by atoms with van der Waals surface area (Å²) in [5, 5.41) is 14.5. The lowest BCUT2D eigenvalue weighted by Gasteiger charge is -2.10. The van der Waals surface area contributed by atoms with Gasteiger partial charge in [0, 0.05) is 17.3 Å². The highest BCUT2D eigenvalue weighted by Crippen LogP contribution is 2.27. The van der Waals surface area contributed by atoms with Crippen molar-refractivity contribution >= 4 is 16.7 Å². The Morgan fingerprint density at radius 2 is 2.04 bits per heavy atom. The van der Waals surface area contributed by atoms with Crippen LogP contribution >= 0.6 is 0 Å². The highest BCUT2D eigenvalue weighted by Gasteiger charge is 2.22. The number of carbonyl (C=O) groups excluding carboxylic acids is 1. The van der Waals surface area contributed by atoms with E-state index in [4.69, 9.17) is 0 Å². The Morgan fingerprint density at radius 3 is 2.71 bits per heavy atom. The molecule has 0 radical (unpaired) electrons. The predicted molar refractivity (Wildman–Crippen MR) is 91.1 cm³/mol. The van der Waals surface area contributed by atoms with Crippen LogP contribution in [-0.2, 0) is 21.3 Å². The summed E-state index contributed by atoms with van der Waals surface area (Å²) in [4.78, 5) is 11.8. The second-order valence-electron chi connectivity index (χ2n) is 6.22. The first kappa shape index (κ1) is 16.8. The molecule has 7 nitrogen and oxygen atoms in total. The topological polar surface area (TPSA) is 89.8 Å². The maximum Gasteiger partial charge on any atom is 0.232 e. The highest BCUT2D eigenvalue weighted by atomic mass is 32.2. The molecule has 0 aliphatic heterocycles. The largest absolute Gasteiger partial charge is 0.355 e. The van der Waals surface area contributed by atoms with Gasteiger partial charge >= 0.3 is 0 Å². The molecule has 1 aliphatic carbocycles. The van der Waals surface area contributed by atoms with Gasteiger partial charge in [-0.2, -0.15) is 4.68 Å². The molecule has 1 saturated carbocycles. The number of nitrogens with zero attached hydrogens (tertiary/aromatic N) is 4. The molecule has 1 N–H and O–H groups in total. The Hall–Kier alpha value is -2.09. The summed E-state index contributed by atoms with van der Waals surface area (Å²) in [6, 6.07) is 5.94. The van der Waals surface area contributed by atoms with Crippen molar-refractivity contribution in [3.05, 3.63) is 35.2 Å². The zero-order valence-corrected chi connectivity index (χ0v) is 14.7.